The normalized spacial score (nSPS) is 10.7. The minimum absolute atomic E-state index is 0.500. The number of hydrogen-bond donors (Lipinski definition) is 1. The van der Waals surface area contributed by atoms with E-state index >= 15 is 0 Å². The molecule has 28 heavy (non-hydrogen) atoms. The molecular weight excluding hydrogens is 414 g/mol. The maximum atomic E-state index is 6.03. The van der Waals surface area contributed by atoms with Crippen LogP contribution in [0.3, 0.4) is 0 Å². The molecular formula is C24H26BrNO2. The molecule has 0 atom stereocenters. The van der Waals surface area contributed by atoms with Crippen LogP contribution in [0.5, 0.6) is 11.5 Å². The van der Waals surface area contributed by atoms with Crippen LogP contribution in [0.1, 0.15) is 27.8 Å². The number of ether oxygens (including phenoxy) is 2. The topological polar surface area (TPSA) is 30.5 Å². The van der Waals surface area contributed by atoms with Crippen molar-refractivity contribution in [2.75, 3.05) is 7.11 Å². The van der Waals surface area contributed by atoms with Gasteiger partial charge in [-0.05, 0) is 58.6 Å². The molecule has 146 valence electrons. The van der Waals surface area contributed by atoms with Crippen molar-refractivity contribution in [1.82, 2.24) is 5.32 Å². The van der Waals surface area contributed by atoms with Crippen LogP contribution >= 0.6 is 15.9 Å². The van der Waals surface area contributed by atoms with Gasteiger partial charge in [0.15, 0.2) is 11.5 Å². The van der Waals surface area contributed by atoms with Crippen LogP contribution in [0, 0.1) is 13.8 Å². The molecule has 3 rings (SSSR count). The van der Waals surface area contributed by atoms with Gasteiger partial charge in [0.1, 0.15) is 6.61 Å². The monoisotopic (exact) mass is 439 g/mol. The molecule has 0 saturated carbocycles. The fourth-order valence-corrected chi connectivity index (χ4v) is 3.52. The Morgan fingerprint density at radius 1 is 0.786 bits per heavy atom. The molecule has 0 amide bonds. The van der Waals surface area contributed by atoms with E-state index in [4.69, 9.17) is 9.47 Å². The second-order valence-corrected chi connectivity index (χ2v) is 7.83. The lowest BCUT2D eigenvalue weighted by Gasteiger charge is -2.15. The summed E-state index contributed by atoms with van der Waals surface area (Å²) >= 11 is 3.64. The van der Waals surface area contributed by atoms with Crippen LogP contribution in [0.4, 0.5) is 0 Å². The van der Waals surface area contributed by atoms with E-state index in [9.17, 15) is 0 Å². The second kappa shape index (κ2) is 9.76. The number of nitrogens with one attached hydrogen (secondary N) is 1. The van der Waals surface area contributed by atoms with Gasteiger partial charge in [0.25, 0.3) is 0 Å². The first-order valence-corrected chi connectivity index (χ1v) is 10.2. The quantitative estimate of drug-likeness (QED) is 0.470. The molecule has 0 fully saturated rings. The highest BCUT2D eigenvalue weighted by Crippen LogP contribution is 2.37. The van der Waals surface area contributed by atoms with E-state index < -0.39 is 0 Å². The van der Waals surface area contributed by atoms with Crippen LogP contribution < -0.4 is 14.8 Å². The van der Waals surface area contributed by atoms with Crippen molar-refractivity contribution < 1.29 is 9.47 Å². The van der Waals surface area contributed by atoms with Gasteiger partial charge in [-0.3, -0.25) is 0 Å². The fraction of sp³-hybridized carbons (Fsp3) is 0.250. The van der Waals surface area contributed by atoms with Crippen LogP contribution in [0.15, 0.2) is 65.1 Å². The summed E-state index contributed by atoms with van der Waals surface area (Å²) in [5.74, 6) is 1.46. The first-order valence-electron chi connectivity index (χ1n) is 9.36. The van der Waals surface area contributed by atoms with E-state index in [1.165, 1.54) is 16.7 Å². The number of hydrogen-bond acceptors (Lipinski definition) is 3. The molecule has 0 heterocycles. The van der Waals surface area contributed by atoms with Gasteiger partial charge in [0.2, 0.25) is 0 Å². The third kappa shape index (κ3) is 5.60. The lowest BCUT2D eigenvalue weighted by Crippen LogP contribution is -2.13. The van der Waals surface area contributed by atoms with Gasteiger partial charge >= 0.3 is 0 Å². The summed E-state index contributed by atoms with van der Waals surface area (Å²) in [4.78, 5) is 0. The van der Waals surface area contributed by atoms with Crippen molar-refractivity contribution in [3.8, 4) is 11.5 Å². The zero-order chi connectivity index (χ0) is 19.9. The molecule has 0 aliphatic carbocycles. The summed E-state index contributed by atoms with van der Waals surface area (Å²) in [5, 5.41) is 3.48. The van der Waals surface area contributed by atoms with Crippen molar-refractivity contribution >= 4 is 15.9 Å². The molecule has 0 spiro atoms. The van der Waals surface area contributed by atoms with Crippen LogP contribution in [0.25, 0.3) is 0 Å². The van der Waals surface area contributed by atoms with Crippen molar-refractivity contribution in [2.45, 2.75) is 33.5 Å². The van der Waals surface area contributed by atoms with E-state index in [2.05, 4.69) is 89.7 Å². The second-order valence-electron chi connectivity index (χ2n) is 6.97. The maximum Gasteiger partial charge on any atom is 0.175 e. The Kier molecular flexibility index (Phi) is 7.12. The zero-order valence-electron chi connectivity index (χ0n) is 16.6. The lowest BCUT2D eigenvalue weighted by molar-refractivity contribution is 0.282. The largest absolute Gasteiger partial charge is 0.493 e. The van der Waals surface area contributed by atoms with Crippen molar-refractivity contribution in [3.63, 3.8) is 0 Å². The smallest absolute Gasteiger partial charge is 0.175 e. The molecule has 3 aromatic rings. The molecule has 0 aliphatic heterocycles. The summed E-state index contributed by atoms with van der Waals surface area (Å²) < 4.78 is 12.5. The number of halogens is 1. The third-order valence-corrected chi connectivity index (χ3v) is 5.16. The molecule has 1 N–H and O–H groups in total. The highest BCUT2D eigenvalue weighted by Gasteiger charge is 2.12. The van der Waals surface area contributed by atoms with Crippen LogP contribution in [0.2, 0.25) is 0 Å². The predicted octanol–water partition coefficient (Wildman–Crippen LogP) is 5.94. The number of rotatable bonds is 8. The summed E-state index contributed by atoms with van der Waals surface area (Å²) in [7, 11) is 1.67. The highest BCUT2D eigenvalue weighted by atomic mass is 79.9. The minimum Gasteiger partial charge on any atom is -0.493 e. The Labute approximate surface area is 175 Å². The van der Waals surface area contributed by atoms with E-state index in [1.807, 2.05) is 6.07 Å². The molecule has 3 nitrogen and oxygen atoms in total. The summed E-state index contributed by atoms with van der Waals surface area (Å²) in [5.41, 5.74) is 6.06. The van der Waals surface area contributed by atoms with E-state index in [0.717, 1.165) is 40.2 Å². The molecule has 4 heteroatoms. The average molecular weight is 440 g/mol. The average Bonchev–Trinajstić information content (AvgIpc) is 2.69. The van der Waals surface area contributed by atoms with E-state index in [0.29, 0.717) is 6.61 Å². The Bertz CT molecular complexity index is 905. The fourth-order valence-electron chi connectivity index (χ4n) is 2.91. The first kappa shape index (κ1) is 20.4. The Balaban J connectivity index is 1.63. The predicted molar refractivity (Wildman–Crippen MR) is 118 cm³/mol. The van der Waals surface area contributed by atoms with Crippen molar-refractivity contribution in [2.24, 2.45) is 0 Å². The van der Waals surface area contributed by atoms with E-state index in [1.54, 1.807) is 7.11 Å². The van der Waals surface area contributed by atoms with Gasteiger partial charge in [0, 0.05) is 13.1 Å². The van der Waals surface area contributed by atoms with Gasteiger partial charge in [-0.15, -0.1) is 0 Å². The van der Waals surface area contributed by atoms with Gasteiger partial charge in [-0.1, -0.05) is 59.7 Å². The zero-order valence-corrected chi connectivity index (χ0v) is 18.2. The first-order chi connectivity index (χ1) is 13.5. The summed E-state index contributed by atoms with van der Waals surface area (Å²) in [6, 6.07) is 21.0. The van der Waals surface area contributed by atoms with Crippen molar-refractivity contribution in [1.29, 1.82) is 0 Å². The molecule has 0 aliphatic rings. The third-order valence-electron chi connectivity index (χ3n) is 4.57. The Morgan fingerprint density at radius 2 is 1.36 bits per heavy atom. The van der Waals surface area contributed by atoms with Crippen LogP contribution in [-0.4, -0.2) is 7.11 Å². The lowest BCUT2D eigenvalue weighted by atomic mass is 10.1. The van der Waals surface area contributed by atoms with Crippen molar-refractivity contribution in [3.05, 3.63) is 93.0 Å². The highest BCUT2D eigenvalue weighted by molar-refractivity contribution is 9.10. The van der Waals surface area contributed by atoms with Gasteiger partial charge in [-0.25, -0.2) is 0 Å². The molecule has 3 aromatic carbocycles. The molecule has 0 bridgehead atoms. The SMILES string of the molecule is COc1cc(CNCc2ccc(C)cc2)cc(Br)c1OCc1ccc(C)cc1. The maximum absolute atomic E-state index is 6.03. The molecule has 0 saturated heterocycles. The van der Waals surface area contributed by atoms with Crippen LogP contribution in [-0.2, 0) is 19.7 Å². The summed E-state index contributed by atoms with van der Waals surface area (Å²) in [6.45, 7) is 6.26. The molecule has 0 aromatic heterocycles. The minimum atomic E-state index is 0.500. The van der Waals surface area contributed by atoms with E-state index in [-0.39, 0.29) is 0 Å². The Hall–Kier alpha value is -2.30. The summed E-state index contributed by atoms with van der Waals surface area (Å²) in [6.07, 6.45) is 0. The number of benzene rings is 3. The molecule has 0 unspecified atom stereocenters. The van der Waals surface area contributed by atoms with Gasteiger partial charge in [0.05, 0.1) is 11.6 Å². The number of methoxy groups -OCH3 is 1. The molecule has 0 radical (unpaired) electrons. The number of aryl methyl sites for hydroxylation is 2. The van der Waals surface area contributed by atoms with Gasteiger partial charge in [-0.2, -0.15) is 0 Å². The Morgan fingerprint density at radius 3 is 1.96 bits per heavy atom. The standard InChI is InChI=1S/C24H26BrNO2/c1-17-4-8-19(9-5-17)14-26-15-21-12-22(25)24(23(13-21)27-3)28-16-20-10-6-18(2)7-11-20/h4-13,26H,14-16H2,1-3H3. The van der Waals surface area contributed by atoms with Gasteiger partial charge < -0.3 is 14.8 Å².